The standard InChI is InChI=1S/C16H16ClN5O3S/c1-16(2,23)9-22-8-11(7-20-22)26(24,25)21-13-4-3-12(17)14-10(5-18)6-19-15(13)14/h3-4,6-8,19,21,23H,9H2,1-2H3. The first kappa shape index (κ1) is 18.3. The van der Waals surface area contributed by atoms with E-state index in [1.807, 2.05) is 6.07 Å². The highest BCUT2D eigenvalue weighted by atomic mass is 35.5. The molecular weight excluding hydrogens is 378 g/mol. The van der Waals surface area contributed by atoms with Crippen LogP contribution in [0.5, 0.6) is 0 Å². The van der Waals surface area contributed by atoms with Gasteiger partial charge in [0.2, 0.25) is 0 Å². The van der Waals surface area contributed by atoms with Gasteiger partial charge in [0.15, 0.2) is 0 Å². The maximum absolute atomic E-state index is 12.6. The quantitative estimate of drug-likeness (QED) is 0.614. The summed E-state index contributed by atoms with van der Waals surface area (Å²) >= 11 is 6.12. The summed E-state index contributed by atoms with van der Waals surface area (Å²) in [5.41, 5.74) is -0.0208. The molecule has 0 aliphatic heterocycles. The number of hydrogen-bond acceptors (Lipinski definition) is 5. The van der Waals surface area contributed by atoms with Crippen LogP contribution >= 0.6 is 11.6 Å². The minimum atomic E-state index is -3.91. The number of H-pyrrole nitrogens is 1. The van der Waals surface area contributed by atoms with Gasteiger partial charge in [0.05, 0.1) is 40.1 Å². The van der Waals surface area contributed by atoms with E-state index in [0.29, 0.717) is 21.5 Å². The summed E-state index contributed by atoms with van der Waals surface area (Å²) in [4.78, 5) is 2.83. The first-order chi connectivity index (χ1) is 12.1. The molecule has 3 N–H and O–H groups in total. The highest BCUT2D eigenvalue weighted by molar-refractivity contribution is 7.92. The van der Waals surface area contributed by atoms with E-state index < -0.39 is 15.6 Å². The maximum atomic E-state index is 12.6. The number of nitrogens with one attached hydrogen (secondary N) is 2. The van der Waals surface area contributed by atoms with Crippen LogP contribution in [0.25, 0.3) is 10.9 Å². The number of aromatic amines is 1. The molecule has 3 rings (SSSR count). The highest BCUT2D eigenvalue weighted by Crippen LogP contribution is 2.32. The van der Waals surface area contributed by atoms with E-state index in [1.54, 1.807) is 13.8 Å². The third-order valence-electron chi connectivity index (χ3n) is 3.62. The van der Waals surface area contributed by atoms with Gasteiger partial charge in [-0.15, -0.1) is 0 Å². The Morgan fingerprint density at radius 2 is 2.19 bits per heavy atom. The first-order valence-corrected chi connectivity index (χ1v) is 9.44. The van der Waals surface area contributed by atoms with E-state index >= 15 is 0 Å². The van der Waals surface area contributed by atoms with E-state index in [2.05, 4.69) is 14.8 Å². The number of benzene rings is 1. The van der Waals surface area contributed by atoms with Gasteiger partial charge in [0.25, 0.3) is 10.0 Å². The van der Waals surface area contributed by atoms with Crippen LogP contribution < -0.4 is 4.72 Å². The van der Waals surface area contributed by atoms with Crippen molar-refractivity contribution in [3.05, 3.63) is 41.3 Å². The Morgan fingerprint density at radius 3 is 2.85 bits per heavy atom. The lowest BCUT2D eigenvalue weighted by molar-refractivity contribution is 0.0577. The van der Waals surface area contributed by atoms with Crippen molar-refractivity contribution in [1.82, 2.24) is 14.8 Å². The van der Waals surface area contributed by atoms with Crippen LogP contribution in [-0.2, 0) is 16.6 Å². The fraction of sp³-hybridized carbons (Fsp3) is 0.250. The Balaban J connectivity index is 1.96. The number of aliphatic hydroxyl groups is 1. The van der Waals surface area contributed by atoms with Crippen molar-refractivity contribution >= 4 is 38.2 Å². The molecule has 0 aliphatic carbocycles. The molecule has 1 aromatic carbocycles. The Morgan fingerprint density at radius 1 is 1.46 bits per heavy atom. The Hall–Kier alpha value is -2.54. The van der Waals surface area contributed by atoms with Crippen LogP contribution in [0.1, 0.15) is 19.4 Å². The summed E-state index contributed by atoms with van der Waals surface area (Å²) in [6, 6.07) is 5.04. The molecule has 2 aromatic heterocycles. The van der Waals surface area contributed by atoms with Gasteiger partial charge in [-0.3, -0.25) is 9.40 Å². The van der Waals surface area contributed by atoms with Crippen LogP contribution in [0, 0.1) is 11.3 Å². The fourth-order valence-electron chi connectivity index (χ4n) is 2.55. The maximum Gasteiger partial charge on any atom is 0.265 e. The van der Waals surface area contributed by atoms with Crippen LogP contribution in [-0.4, -0.2) is 33.9 Å². The van der Waals surface area contributed by atoms with Gasteiger partial charge < -0.3 is 10.1 Å². The third kappa shape index (κ3) is 3.53. The molecule has 0 spiro atoms. The number of nitrogens with zero attached hydrogens (tertiary/aromatic N) is 3. The molecule has 0 unspecified atom stereocenters. The first-order valence-electron chi connectivity index (χ1n) is 7.58. The molecule has 0 amide bonds. The minimum Gasteiger partial charge on any atom is -0.389 e. The Kier molecular flexibility index (Phi) is 4.44. The summed E-state index contributed by atoms with van der Waals surface area (Å²) < 4.78 is 29.1. The molecule has 0 saturated heterocycles. The number of sulfonamides is 1. The summed E-state index contributed by atoms with van der Waals surface area (Å²) in [6.07, 6.45) is 4.01. The number of halogens is 1. The number of nitriles is 1. The van der Waals surface area contributed by atoms with E-state index in [1.165, 1.54) is 35.4 Å². The molecule has 0 fully saturated rings. The highest BCUT2D eigenvalue weighted by Gasteiger charge is 2.21. The van der Waals surface area contributed by atoms with Crippen molar-refractivity contribution in [2.24, 2.45) is 0 Å². The average Bonchev–Trinajstić information content (AvgIpc) is 3.15. The third-order valence-corrected chi connectivity index (χ3v) is 5.25. The lowest BCUT2D eigenvalue weighted by Crippen LogP contribution is -2.26. The van der Waals surface area contributed by atoms with E-state index in [4.69, 9.17) is 16.9 Å². The van der Waals surface area contributed by atoms with Crippen molar-refractivity contribution in [3.63, 3.8) is 0 Å². The molecule has 0 radical (unpaired) electrons. The topological polar surface area (TPSA) is 124 Å². The fourth-order valence-corrected chi connectivity index (χ4v) is 3.83. The van der Waals surface area contributed by atoms with Crippen LogP contribution in [0.2, 0.25) is 5.02 Å². The molecule has 0 bridgehead atoms. The van der Waals surface area contributed by atoms with Crippen molar-refractivity contribution < 1.29 is 13.5 Å². The lowest BCUT2D eigenvalue weighted by atomic mass is 10.1. The molecule has 26 heavy (non-hydrogen) atoms. The Labute approximate surface area is 155 Å². The SMILES string of the molecule is CC(C)(O)Cn1cc(S(=O)(=O)Nc2ccc(Cl)c3c(C#N)c[nH]c23)cn1. The molecule has 2 heterocycles. The van der Waals surface area contributed by atoms with Crippen molar-refractivity contribution in [3.8, 4) is 6.07 Å². The summed E-state index contributed by atoms with van der Waals surface area (Å²) in [5.74, 6) is 0. The zero-order chi connectivity index (χ0) is 19.1. The van der Waals surface area contributed by atoms with Gasteiger partial charge >= 0.3 is 0 Å². The van der Waals surface area contributed by atoms with E-state index in [0.717, 1.165) is 0 Å². The van der Waals surface area contributed by atoms with Gasteiger partial charge in [0.1, 0.15) is 11.0 Å². The smallest absolute Gasteiger partial charge is 0.265 e. The number of aromatic nitrogens is 3. The van der Waals surface area contributed by atoms with Crippen LogP contribution in [0.4, 0.5) is 5.69 Å². The largest absolute Gasteiger partial charge is 0.389 e. The predicted molar refractivity (Wildman–Crippen MR) is 97.4 cm³/mol. The van der Waals surface area contributed by atoms with Gasteiger partial charge in [-0.25, -0.2) is 8.42 Å². The number of fused-ring (bicyclic) bond motifs is 1. The molecule has 0 saturated carbocycles. The zero-order valence-electron chi connectivity index (χ0n) is 14.0. The molecular formula is C16H16ClN5O3S. The normalized spacial score (nSPS) is 12.3. The summed E-state index contributed by atoms with van der Waals surface area (Å²) in [7, 11) is -3.91. The summed E-state index contributed by atoms with van der Waals surface area (Å²) in [6.45, 7) is 3.35. The van der Waals surface area contributed by atoms with Crippen LogP contribution in [0.15, 0.2) is 35.6 Å². The van der Waals surface area contributed by atoms with Crippen molar-refractivity contribution in [2.45, 2.75) is 30.9 Å². The minimum absolute atomic E-state index is 0.0445. The molecule has 136 valence electrons. The lowest BCUT2D eigenvalue weighted by Gasteiger charge is -2.16. The van der Waals surface area contributed by atoms with E-state index in [-0.39, 0.29) is 17.1 Å². The molecule has 8 nitrogen and oxygen atoms in total. The average molecular weight is 394 g/mol. The predicted octanol–water partition coefficient (Wildman–Crippen LogP) is 2.46. The number of hydrogen-bond donors (Lipinski definition) is 3. The van der Waals surface area contributed by atoms with Gasteiger partial charge in [-0.2, -0.15) is 10.4 Å². The molecule has 0 aliphatic rings. The molecule has 10 heteroatoms. The monoisotopic (exact) mass is 393 g/mol. The second-order valence-corrected chi connectivity index (χ2v) is 8.54. The van der Waals surface area contributed by atoms with Crippen LogP contribution in [0.3, 0.4) is 0 Å². The molecule has 3 aromatic rings. The van der Waals surface area contributed by atoms with Crippen molar-refractivity contribution in [1.29, 1.82) is 5.26 Å². The second kappa shape index (κ2) is 6.32. The van der Waals surface area contributed by atoms with Gasteiger partial charge in [0, 0.05) is 17.8 Å². The van der Waals surface area contributed by atoms with E-state index in [9.17, 15) is 13.5 Å². The summed E-state index contributed by atoms with van der Waals surface area (Å²) in [5, 5.41) is 23.7. The van der Waals surface area contributed by atoms with Gasteiger partial charge in [-0.05, 0) is 26.0 Å². The Bertz CT molecular complexity index is 1120. The zero-order valence-corrected chi connectivity index (χ0v) is 15.6. The number of anilines is 1. The van der Waals surface area contributed by atoms with Crippen molar-refractivity contribution in [2.75, 3.05) is 4.72 Å². The number of rotatable bonds is 5. The molecule has 0 atom stereocenters. The second-order valence-electron chi connectivity index (χ2n) is 6.45. The van der Waals surface area contributed by atoms with Gasteiger partial charge in [-0.1, -0.05) is 11.6 Å².